The van der Waals surface area contributed by atoms with Gasteiger partial charge in [0.15, 0.2) is 12.2 Å². The van der Waals surface area contributed by atoms with Crippen LogP contribution in [0.1, 0.15) is 0 Å². The molecule has 1 N–H and O–H groups in total. The van der Waals surface area contributed by atoms with Gasteiger partial charge < -0.3 is 9.52 Å². The molecule has 0 amide bonds. The number of fused-ring (bicyclic) bond motifs is 1. The summed E-state index contributed by atoms with van der Waals surface area (Å²) in [4.78, 5) is 8.24. The standard InChI is InChI=1S/C16H9FN2O2S/c17-11-4-1-9(2-5-11)14-15(21-8-18-14)10-3-6-12-13(7-10)22-16(20)19-12/h1-8H,(H,19,20). The lowest BCUT2D eigenvalue weighted by atomic mass is 10.1. The molecule has 0 spiro atoms. The quantitative estimate of drug-likeness (QED) is 0.593. The first-order valence-corrected chi connectivity index (χ1v) is 7.32. The van der Waals surface area contributed by atoms with E-state index in [0.29, 0.717) is 11.5 Å². The van der Waals surface area contributed by atoms with Gasteiger partial charge in [-0.05, 0) is 42.5 Å². The number of rotatable bonds is 2. The Morgan fingerprint density at radius 2 is 1.82 bits per heavy atom. The monoisotopic (exact) mass is 312 g/mol. The summed E-state index contributed by atoms with van der Waals surface area (Å²) in [7, 11) is 0. The number of hydrogen-bond donors (Lipinski definition) is 1. The van der Waals surface area contributed by atoms with Crippen molar-refractivity contribution >= 4 is 21.6 Å². The molecule has 6 heteroatoms. The first-order valence-electron chi connectivity index (χ1n) is 6.50. The number of oxazole rings is 1. The molecule has 2 aromatic carbocycles. The van der Waals surface area contributed by atoms with Gasteiger partial charge in [0.05, 0.1) is 10.2 Å². The van der Waals surface area contributed by atoms with E-state index in [9.17, 15) is 9.50 Å². The highest BCUT2D eigenvalue weighted by molar-refractivity contribution is 7.20. The van der Waals surface area contributed by atoms with Gasteiger partial charge in [0.25, 0.3) is 5.19 Å². The second-order valence-electron chi connectivity index (χ2n) is 4.72. The summed E-state index contributed by atoms with van der Waals surface area (Å²) < 4.78 is 19.4. The molecule has 0 aliphatic carbocycles. The zero-order chi connectivity index (χ0) is 15.1. The number of aromatic hydroxyl groups is 1. The Bertz CT molecular complexity index is 960. The maximum Gasteiger partial charge on any atom is 0.271 e. The average Bonchev–Trinajstić information content (AvgIpc) is 3.12. The third kappa shape index (κ3) is 2.14. The van der Waals surface area contributed by atoms with Crippen LogP contribution in [-0.2, 0) is 0 Å². The SMILES string of the molecule is Oc1nc2ccc(-c3ocnc3-c3ccc(F)cc3)cc2s1. The van der Waals surface area contributed by atoms with E-state index in [-0.39, 0.29) is 11.0 Å². The Balaban J connectivity index is 1.85. The highest BCUT2D eigenvalue weighted by atomic mass is 32.1. The molecule has 0 unspecified atom stereocenters. The van der Waals surface area contributed by atoms with E-state index < -0.39 is 0 Å². The minimum absolute atomic E-state index is 0.0310. The number of halogens is 1. The zero-order valence-electron chi connectivity index (χ0n) is 11.2. The van der Waals surface area contributed by atoms with E-state index in [0.717, 1.165) is 21.3 Å². The van der Waals surface area contributed by atoms with Gasteiger partial charge in [-0.15, -0.1) is 0 Å². The van der Waals surface area contributed by atoms with Gasteiger partial charge in [0.2, 0.25) is 0 Å². The largest absolute Gasteiger partial charge is 0.486 e. The van der Waals surface area contributed by atoms with Gasteiger partial charge in [-0.2, -0.15) is 0 Å². The fourth-order valence-electron chi connectivity index (χ4n) is 2.32. The summed E-state index contributed by atoms with van der Waals surface area (Å²) in [6, 6.07) is 11.7. The van der Waals surface area contributed by atoms with Gasteiger partial charge in [-0.25, -0.2) is 14.4 Å². The molecule has 0 aliphatic rings. The molecule has 4 nitrogen and oxygen atoms in total. The molecule has 0 aliphatic heterocycles. The molecule has 22 heavy (non-hydrogen) atoms. The lowest BCUT2D eigenvalue weighted by Crippen LogP contribution is -1.83. The number of hydrogen-bond acceptors (Lipinski definition) is 5. The summed E-state index contributed by atoms with van der Waals surface area (Å²) in [6.07, 6.45) is 1.36. The van der Waals surface area contributed by atoms with Crippen molar-refractivity contribution in [3.8, 4) is 27.8 Å². The van der Waals surface area contributed by atoms with Crippen molar-refractivity contribution in [1.29, 1.82) is 0 Å². The molecule has 0 saturated heterocycles. The van der Waals surface area contributed by atoms with E-state index in [1.165, 1.54) is 29.9 Å². The summed E-state index contributed by atoms with van der Waals surface area (Å²) in [5.41, 5.74) is 2.98. The maximum atomic E-state index is 13.1. The first-order chi connectivity index (χ1) is 10.7. The Hall–Kier alpha value is -2.73. The number of benzene rings is 2. The second kappa shape index (κ2) is 4.92. The molecule has 2 heterocycles. The lowest BCUT2D eigenvalue weighted by Gasteiger charge is -2.02. The van der Waals surface area contributed by atoms with E-state index in [1.54, 1.807) is 12.1 Å². The van der Waals surface area contributed by atoms with Crippen LogP contribution in [0.2, 0.25) is 0 Å². The third-order valence-electron chi connectivity index (χ3n) is 3.32. The van der Waals surface area contributed by atoms with Crippen molar-refractivity contribution in [3.63, 3.8) is 0 Å². The van der Waals surface area contributed by atoms with E-state index in [1.807, 2.05) is 18.2 Å². The van der Waals surface area contributed by atoms with Gasteiger partial charge in [-0.3, -0.25) is 0 Å². The first kappa shape index (κ1) is 13.0. The predicted molar refractivity (Wildman–Crippen MR) is 82.2 cm³/mol. The molecular formula is C16H9FN2O2S. The second-order valence-corrected chi connectivity index (χ2v) is 5.73. The summed E-state index contributed by atoms with van der Waals surface area (Å²) in [5.74, 6) is 0.303. The van der Waals surface area contributed by atoms with E-state index >= 15 is 0 Å². The highest BCUT2D eigenvalue weighted by Crippen LogP contribution is 2.35. The molecule has 0 saturated carbocycles. The van der Waals surface area contributed by atoms with Crippen LogP contribution in [-0.4, -0.2) is 15.1 Å². The third-order valence-corrected chi connectivity index (χ3v) is 4.15. The molecule has 0 radical (unpaired) electrons. The summed E-state index contributed by atoms with van der Waals surface area (Å²) >= 11 is 1.20. The number of aromatic nitrogens is 2. The highest BCUT2D eigenvalue weighted by Gasteiger charge is 2.14. The van der Waals surface area contributed by atoms with Gasteiger partial charge in [0, 0.05) is 11.1 Å². The fraction of sp³-hybridized carbons (Fsp3) is 0. The molecule has 2 aromatic heterocycles. The smallest absolute Gasteiger partial charge is 0.271 e. The fourth-order valence-corrected chi connectivity index (χ4v) is 3.06. The van der Waals surface area contributed by atoms with Crippen molar-refractivity contribution in [2.75, 3.05) is 0 Å². The van der Waals surface area contributed by atoms with Crippen LogP contribution in [0.15, 0.2) is 53.3 Å². The molecule has 4 rings (SSSR count). The minimum atomic E-state index is -0.296. The van der Waals surface area contributed by atoms with Crippen molar-refractivity contribution in [3.05, 3.63) is 54.7 Å². The van der Waals surface area contributed by atoms with E-state index in [4.69, 9.17) is 4.42 Å². The molecular weight excluding hydrogens is 303 g/mol. The Morgan fingerprint density at radius 3 is 2.64 bits per heavy atom. The van der Waals surface area contributed by atoms with Crippen molar-refractivity contribution in [2.45, 2.75) is 0 Å². The van der Waals surface area contributed by atoms with Gasteiger partial charge >= 0.3 is 0 Å². The number of thiazole rings is 1. The Labute approximate surface area is 128 Å². The number of nitrogens with zero attached hydrogens (tertiary/aromatic N) is 2. The van der Waals surface area contributed by atoms with Gasteiger partial charge in [0.1, 0.15) is 11.5 Å². The summed E-state index contributed by atoms with van der Waals surface area (Å²) in [6.45, 7) is 0. The van der Waals surface area contributed by atoms with Crippen LogP contribution in [0.25, 0.3) is 32.8 Å². The average molecular weight is 312 g/mol. The van der Waals surface area contributed by atoms with Crippen LogP contribution in [0, 0.1) is 5.82 Å². The van der Waals surface area contributed by atoms with E-state index in [2.05, 4.69) is 9.97 Å². The molecule has 108 valence electrons. The van der Waals surface area contributed by atoms with Crippen molar-refractivity contribution in [1.82, 2.24) is 9.97 Å². The summed E-state index contributed by atoms with van der Waals surface area (Å²) in [5, 5.41) is 9.50. The van der Waals surface area contributed by atoms with Crippen LogP contribution in [0.4, 0.5) is 4.39 Å². The Morgan fingerprint density at radius 1 is 1.05 bits per heavy atom. The zero-order valence-corrected chi connectivity index (χ0v) is 12.0. The van der Waals surface area contributed by atoms with Crippen LogP contribution >= 0.6 is 11.3 Å². The predicted octanol–water partition coefficient (Wildman–Crippen LogP) is 4.46. The van der Waals surface area contributed by atoms with Crippen LogP contribution in [0.3, 0.4) is 0 Å². The van der Waals surface area contributed by atoms with Gasteiger partial charge in [-0.1, -0.05) is 11.3 Å². The molecule has 4 aromatic rings. The molecule has 0 fully saturated rings. The maximum absolute atomic E-state index is 13.1. The normalized spacial score (nSPS) is 11.1. The van der Waals surface area contributed by atoms with Crippen molar-refractivity contribution < 1.29 is 13.9 Å². The minimum Gasteiger partial charge on any atom is -0.486 e. The van der Waals surface area contributed by atoms with Crippen molar-refractivity contribution in [2.24, 2.45) is 0 Å². The molecule has 0 bridgehead atoms. The van der Waals surface area contributed by atoms with Crippen LogP contribution in [0.5, 0.6) is 5.19 Å². The topological polar surface area (TPSA) is 59.2 Å². The van der Waals surface area contributed by atoms with Crippen LogP contribution < -0.4 is 0 Å². The lowest BCUT2D eigenvalue weighted by molar-refractivity contribution is 0.472. The molecule has 0 atom stereocenters. The Kier molecular flexibility index (Phi) is 2.90.